The number of piperidine rings is 1. The van der Waals surface area contributed by atoms with E-state index in [4.69, 9.17) is 0 Å². The fourth-order valence-corrected chi connectivity index (χ4v) is 5.65. The average Bonchev–Trinajstić information content (AvgIpc) is 3.13. The van der Waals surface area contributed by atoms with Crippen molar-refractivity contribution in [2.45, 2.75) is 77.2 Å². The van der Waals surface area contributed by atoms with Crippen LogP contribution in [0.4, 0.5) is 4.39 Å². The highest BCUT2D eigenvalue weighted by Gasteiger charge is 2.42. The molecular formula is C26H38FN3O2. The van der Waals surface area contributed by atoms with Crippen LogP contribution >= 0.6 is 0 Å². The van der Waals surface area contributed by atoms with Crippen LogP contribution in [-0.2, 0) is 15.0 Å². The molecule has 1 aromatic carbocycles. The first kappa shape index (κ1) is 23.2. The van der Waals surface area contributed by atoms with E-state index in [1.54, 1.807) is 11.0 Å². The fraction of sp³-hybridized carbons (Fsp3) is 0.692. The average molecular weight is 444 g/mol. The van der Waals surface area contributed by atoms with E-state index in [0.717, 1.165) is 62.9 Å². The van der Waals surface area contributed by atoms with Crippen LogP contribution in [0.15, 0.2) is 18.2 Å². The molecule has 1 aliphatic carbocycles. The van der Waals surface area contributed by atoms with Crippen molar-refractivity contribution in [3.63, 3.8) is 0 Å². The molecule has 2 amide bonds. The molecule has 0 aromatic heterocycles. The van der Waals surface area contributed by atoms with Crippen molar-refractivity contribution < 1.29 is 14.0 Å². The second-order valence-corrected chi connectivity index (χ2v) is 11.2. The summed E-state index contributed by atoms with van der Waals surface area (Å²) in [5.41, 5.74) is 2.48. The summed E-state index contributed by atoms with van der Waals surface area (Å²) in [6.45, 7) is 10.8. The monoisotopic (exact) mass is 443 g/mol. The molecule has 1 atom stereocenters. The maximum Gasteiger partial charge on any atom is 0.240 e. The van der Waals surface area contributed by atoms with Gasteiger partial charge in [0.1, 0.15) is 5.82 Å². The summed E-state index contributed by atoms with van der Waals surface area (Å²) in [5, 5.41) is 3.14. The lowest BCUT2D eigenvalue weighted by Gasteiger charge is -2.47. The van der Waals surface area contributed by atoms with Crippen molar-refractivity contribution >= 4 is 11.8 Å². The number of benzene rings is 1. The molecule has 2 heterocycles. The van der Waals surface area contributed by atoms with Gasteiger partial charge < -0.3 is 15.1 Å². The lowest BCUT2D eigenvalue weighted by atomic mass is 9.63. The summed E-state index contributed by atoms with van der Waals surface area (Å²) >= 11 is 0. The van der Waals surface area contributed by atoms with Crippen molar-refractivity contribution in [2.75, 3.05) is 32.7 Å². The van der Waals surface area contributed by atoms with Crippen LogP contribution in [0.25, 0.3) is 0 Å². The lowest BCUT2D eigenvalue weighted by Crippen LogP contribution is -2.47. The number of carbonyl (C=O) groups excluding carboxylic acids is 2. The molecule has 0 radical (unpaired) electrons. The number of rotatable bonds is 5. The van der Waals surface area contributed by atoms with Gasteiger partial charge in [0.15, 0.2) is 0 Å². The number of hydrogen-bond donors (Lipinski definition) is 1. The summed E-state index contributed by atoms with van der Waals surface area (Å²) in [6, 6.07) is 4.98. The molecule has 0 unspecified atom stereocenters. The number of halogens is 1. The van der Waals surface area contributed by atoms with E-state index in [1.807, 2.05) is 6.07 Å². The molecule has 1 N–H and O–H groups in total. The Labute approximate surface area is 191 Å². The van der Waals surface area contributed by atoms with Crippen molar-refractivity contribution in [1.29, 1.82) is 0 Å². The third kappa shape index (κ3) is 5.16. The van der Waals surface area contributed by atoms with Crippen LogP contribution in [0, 0.1) is 11.2 Å². The minimum absolute atomic E-state index is 0.00180. The van der Waals surface area contributed by atoms with Crippen LogP contribution in [0.5, 0.6) is 0 Å². The van der Waals surface area contributed by atoms with Gasteiger partial charge >= 0.3 is 0 Å². The van der Waals surface area contributed by atoms with Gasteiger partial charge in [-0.05, 0) is 92.2 Å². The predicted molar refractivity (Wildman–Crippen MR) is 124 cm³/mol. The van der Waals surface area contributed by atoms with Crippen molar-refractivity contribution in [3.8, 4) is 0 Å². The smallest absolute Gasteiger partial charge is 0.240 e. The number of amides is 2. The fourth-order valence-electron chi connectivity index (χ4n) is 5.65. The molecular weight excluding hydrogens is 405 g/mol. The summed E-state index contributed by atoms with van der Waals surface area (Å²) in [6.07, 6.45) is 6.44. The molecule has 32 heavy (non-hydrogen) atoms. The Hall–Kier alpha value is -1.95. The second kappa shape index (κ2) is 9.12. The molecule has 2 aliphatic heterocycles. The molecule has 2 saturated heterocycles. The number of fused-ring (bicyclic) bond motifs is 2. The minimum atomic E-state index is -0.201. The molecule has 1 spiro atoms. The van der Waals surface area contributed by atoms with E-state index < -0.39 is 0 Å². The Bertz CT molecular complexity index is 855. The molecule has 0 bridgehead atoms. The van der Waals surface area contributed by atoms with Gasteiger partial charge in [-0.1, -0.05) is 26.8 Å². The van der Waals surface area contributed by atoms with E-state index >= 15 is 0 Å². The maximum atomic E-state index is 14.3. The normalized spacial score (nSPS) is 23.4. The van der Waals surface area contributed by atoms with Crippen LogP contribution in [0.3, 0.4) is 0 Å². The van der Waals surface area contributed by atoms with E-state index in [-0.39, 0.29) is 35.6 Å². The van der Waals surface area contributed by atoms with Gasteiger partial charge in [-0.2, -0.15) is 0 Å². The van der Waals surface area contributed by atoms with E-state index in [9.17, 15) is 14.0 Å². The standard InChI is InChI=1S/C26H38FN3O2/c1-25(2,3)10-14-29-15-11-26(12-16-29)9-8-22(20-7-6-19(27)17-21(20)26)28-23(31)18-30-13-4-5-24(30)32/h6-7,17,22H,4-5,8-16,18H2,1-3H3,(H,28,31)/t22-/m0/s1. The largest absolute Gasteiger partial charge is 0.348 e. The van der Waals surface area contributed by atoms with Crippen molar-refractivity contribution in [1.82, 2.24) is 15.1 Å². The highest BCUT2D eigenvalue weighted by molar-refractivity contribution is 5.86. The number of nitrogens with one attached hydrogen (secondary N) is 1. The summed E-state index contributed by atoms with van der Waals surface area (Å²) in [4.78, 5) is 28.7. The topological polar surface area (TPSA) is 52.7 Å². The summed E-state index contributed by atoms with van der Waals surface area (Å²) in [5.74, 6) is -0.259. The zero-order valence-corrected chi connectivity index (χ0v) is 19.9. The molecule has 2 fully saturated rings. The van der Waals surface area contributed by atoms with Gasteiger partial charge in [0, 0.05) is 13.0 Å². The summed E-state index contributed by atoms with van der Waals surface area (Å²) < 4.78 is 14.3. The Balaban J connectivity index is 1.44. The molecule has 3 aliphatic rings. The third-order valence-corrected chi connectivity index (χ3v) is 7.71. The van der Waals surface area contributed by atoms with Crippen LogP contribution in [0.2, 0.25) is 0 Å². The van der Waals surface area contributed by atoms with Gasteiger partial charge in [0.05, 0.1) is 12.6 Å². The Morgan fingerprint density at radius 3 is 2.59 bits per heavy atom. The highest BCUT2D eigenvalue weighted by atomic mass is 19.1. The quantitative estimate of drug-likeness (QED) is 0.743. The number of hydrogen-bond acceptors (Lipinski definition) is 3. The van der Waals surface area contributed by atoms with Gasteiger partial charge in [-0.15, -0.1) is 0 Å². The van der Waals surface area contributed by atoms with E-state index in [1.165, 1.54) is 12.5 Å². The van der Waals surface area contributed by atoms with E-state index in [2.05, 4.69) is 31.0 Å². The SMILES string of the molecule is CC(C)(C)CCN1CCC2(CC[C@H](NC(=O)CN3CCCC3=O)c3ccc(F)cc32)CC1. The molecule has 176 valence electrons. The maximum absolute atomic E-state index is 14.3. The molecule has 0 saturated carbocycles. The lowest BCUT2D eigenvalue weighted by molar-refractivity contribution is -0.133. The number of likely N-dealkylation sites (tertiary alicyclic amines) is 2. The first-order valence-electron chi connectivity index (χ1n) is 12.2. The molecule has 6 heteroatoms. The van der Waals surface area contributed by atoms with Gasteiger partial charge in [0.2, 0.25) is 11.8 Å². The second-order valence-electron chi connectivity index (χ2n) is 11.2. The van der Waals surface area contributed by atoms with Crippen LogP contribution in [-0.4, -0.2) is 54.3 Å². The minimum Gasteiger partial charge on any atom is -0.348 e. The highest BCUT2D eigenvalue weighted by Crippen LogP contribution is 2.48. The third-order valence-electron chi connectivity index (χ3n) is 7.71. The van der Waals surface area contributed by atoms with Gasteiger partial charge in [0.25, 0.3) is 0 Å². The van der Waals surface area contributed by atoms with Crippen LogP contribution in [0.1, 0.15) is 82.9 Å². The Morgan fingerprint density at radius 2 is 1.94 bits per heavy atom. The first-order valence-corrected chi connectivity index (χ1v) is 12.2. The Kier molecular flexibility index (Phi) is 6.62. The predicted octanol–water partition coefficient (Wildman–Crippen LogP) is 4.17. The molecule has 4 rings (SSSR count). The van der Waals surface area contributed by atoms with Crippen LogP contribution < -0.4 is 5.32 Å². The first-order chi connectivity index (χ1) is 15.2. The Morgan fingerprint density at radius 1 is 1.19 bits per heavy atom. The number of nitrogens with zero attached hydrogens (tertiary/aromatic N) is 2. The molecule has 5 nitrogen and oxygen atoms in total. The van der Waals surface area contributed by atoms with Gasteiger partial charge in [-0.25, -0.2) is 4.39 Å². The zero-order chi connectivity index (χ0) is 22.9. The van der Waals surface area contributed by atoms with E-state index in [0.29, 0.717) is 18.4 Å². The molecule has 1 aromatic rings. The van der Waals surface area contributed by atoms with Gasteiger partial charge in [-0.3, -0.25) is 9.59 Å². The van der Waals surface area contributed by atoms with Crippen molar-refractivity contribution in [2.24, 2.45) is 5.41 Å². The van der Waals surface area contributed by atoms with Crippen molar-refractivity contribution in [3.05, 3.63) is 35.1 Å². The number of carbonyl (C=O) groups is 2. The zero-order valence-electron chi connectivity index (χ0n) is 19.9. The summed E-state index contributed by atoms with van der Waals surface area (Å²) in [7, 11) is 0.